The lowest BCUT2D eigenvalue weighted by atomic mass is 10.1. The van der Waals surface area contributed by atoms with Gasteiger partial charge in [0.15, 0.2) is 0 Å². The number of benzene rings is 1. The van der Waals surface area contributed by atoms with Crippen molar-refractivity contribution in [3.63, 3.8) is 0 Å². The average molecular weight is 451 g/mol. The molecule has 0 bridgehead atoms. The Labute approximate surface area is 184 Å². The lowest BCUT2D eigenvalue weighted by molar-refractivity contribution is -0.142. The summed E-state index contributed by atoms with van der Waals surface area (Å²) in [6.45, 7) is 2.74. The molecule has 0 radical (unpaired) electrons. The minimum Gasteiger partial charge on any atom is -0.508 e. The fourth-order valence-corrected chi connectivity index (χ4v) is 2.61. The van der Waals surface area contributed by atoms with Gasteiger partial charge in [0.2, 0.25) is 23.6 Å². The molecule has 0 saturated carbocycles. The van der Waals surface area contributed by atoms with E-state index in [1.54, 1.807) is 12.1 Å². The van der Waals surface area contributed by atoms with Crippen LogP contribution in [0.25, 0.3) is 0 Å². The first-order valence-corrected chi connectivity index (χ1v) is 9.86. The minimum atomic E-state index is -1.35. The molecule has 0 spiro atoms. The maximum absolute atomic E-state index is 12.3. The van der Waals surface area contributed by atoms with E-state index in [2.05, 4.69) is 16.0 Å². The van der Waals surface area contributed by atoms with Gasteiger partial charge in [-0.3, -0.25) is 19.2 Å². The molecule has 0 heterocycles. The highest BCUT2D eigenvalue weighted by Gasteiger charge is 2.26. The average Bonchev–Trinajstić information content (AvgIpc) is 2.71. The number of phenols is 1. The van der Waals surface area contributed by atoms with Crippen LogP contribution in [-0.4, -0.2) is 64.0 Å². The number of primary amides is 1. The molecule has 4 atom stereocenters. The molecule has 176 valence electrons. The minimum absolute atomic E-state index is 0.0813. The van der Waals surface area contributed by atoms with Crippen LogP contribution in [0, 0.1) is 0 Å². The van der Waals surface area contributed by atoms with E-state index in [4.69, 9.17) is 16.6 Å². The van der Waals surface area contributed by atoms with Crippen molar-refractivity contribution in [3.8, 4) is 5.75 Å². The number of carboxylic acid groups (broad SMARTS) is 1. The first kappa shape index (κ1) is 26.4. The number of hydrogen-bond acceptors (Lipinski definition) is 7. The molecule has 4 unspecified atom stereocenters. The van der Waals surface area contributed by atoms with Crippen molar-refractivity contribution in [2.75, 3.05) is 0 Å². The molecule has 0 aliphatic rings. The molecule has 32 heavy (non-hydrogen) atoms. The highest BCUT2D eigenvalue weighted by Crippen LogP contribution is 2.11. The molecule has 0 aliphatic carbocycles. The third kappa shape index (κ3) is 9.00. The zero-order valence-electron chi connectivity index (χ0n) is 17.8. The van der Waals surface area contributed by atoms with Gasteiger partial charge >= 0.3 is 5.97 Å². The molecule has 0 fully saturated rings. The zero-order valence-corrected chi connectivity index (χ0v) is 17.8. The van der Waals surface area contributed by atoms with Crippen LogP contribution in [0.15, 0.2) is 24.3 Å². The Morgan fingerprint density at radius 1 is 0.906 bits per heavy atom. The van der Waals surface area contributed by atoms with Crippen molar-refractivity contribution in [1.82, 2.24) is 16.0 Å². The Bertz CT molecular complexity index is 843. The zero-order chi connectivity index (χ0) is 24.4. The molecule has 0 saturated heterocycles. The first-order valence-electron chi connectivity index (χ1n) is 9.86. The van der Waals surface area contributed by atoms with Gasteiger partial charge in [0.25, 0.3) is 0 Å². The topological polar surface area (TPSA) is 214 Å². The van der Waals surface area contributed by atoms with E-state index in [-0.39, 0.29) is 25.0 Å². The second-order valence-electron chi connectivity index (χ2n) is 7.34. The van der Waals surface area contributed by atoms with E-state index >= 15 is 0 Å². The molecule has 12 heteroatoms. The smallest absolute Gasteiger partial charge is 0.326 e. The van der Waals surface area contributed by atoms with Crippen molar-refractivity contribution in [2.24, 2.45) is 11.5 Å². The predicted octanol–water partition coefficient (Wildman–Crippen LogP) is -1.89. The Kier molecular flexibility index (Phi) is 10.1. The molecule has 12 nitrogen and oxygen atoms in total. The van der Waals surface area contributed by atoms with E-state index in [9.17, 15) is 29.1 Å². The third-order valence-corrected chi connectivity index (χ3v) is 4.53. The van der Waals surface area contributed by atoms with Gasteiger partial charge in [-0.2, -0.15) is 0 Å². The second-order valence-corrected chi connectivity index (χ2v) is 7.34. The molecular formula is C20H29N5O7. The van der Waals surface area contributed by atoms with Crippen LogP contribution >= 0.6 is 0 Å². The molecule has 1 aromatic rings. The van der Waals surface area contributed by atoms with Gasteiger partial charge in [-0.25, -0.2) is 4.79 Å². The summed E-state index contributed by atoms with van der Waals surface area (Å²) in [6, 6.07) is 1.74. The lowest BCUT2D eigenvalue weighted by Gasteiger charge is -2.21. The van der Waals surface area contributed by atoms with Gasteiger partial charge in [-0.1, -0.05) is 12.1 Å². The number of hydrogen-bond donors (Lipinski definition) is 7. The van der Waals surface area contributed by atoms with Crippen molar-refractivity contribution < 1.29 is 34.2 Å². The number of aliphatic carboxylic acids is 1. The van der Waals surface area contributed by atoms with Crippen molar-refractivity contribution in [2.45, 2.75) is 57.3 Å². The molecule has 0 aromatic heterocycles. The van der Waals surface area contributed by atoms with Crippen molar-refractivity contribution in [3.05, 3.63) is 29.8 Å². The third-order valence-electron chi connectivity index (χ3n) is 4.53. The Morgan fingerprint density at radius 3 is 1.91 bits per heavy atom. The summed E-state index contributed by atoms with van der Waals surface area (Å²) in [4.78, 5) is 58.8. The van der Waals surface area contributed by atoms with Crippen molar-refractivity contribution >= 4 is 29.6 Å². The number of nitrogens with two attached hydrogens (primary N) is 2. The largest absolute Gasteiger partial charge is 0.508 e. The first-order chi connectivity index (χ1) is 14.9. The lowest BCUT2D eigenvalue weighted by Crippen LogP contribution is -2.55. The van der Waals surface area contributed by atoms with Crippen molar-refractivity contribution in [1.29, 1.82) is 0 Å². The monoisotopic (exact) mass is 451 g/mol. The summed E-state index contributed by atoms with van der Waals surface area (Å²) in [7, 11) is 0. The number of phenolic OH excluding ortho intramolecular Hbond substituents is 1. The number of carboxylic acids is 1. The van der Waals surface area contributed by atoms with Crippen LogP contribution in [0.3, 0.4) is 0 Å². The number of amides is 4. The summed E-state index contributed by atoms with van der Waals surface area (Å²) in [5, 5.41) is 25.4. The van der Waals surface area contributed by atoms with E-state index in [0.717, 1.165) is 5.56 Å². The molecule has 9 N–H and O–H groups in total. The van der Waals surface area contributed by atoms with Gasteiger partial charge < -0.3 is 37.6 Å². The highest BCUT2D eigenvalue weighted by molar-refractivity contribution is 5.93. The standard InChI is InChI=1S/C20H29N5O7/c1-10(24-19(30)14(21)9-12-3-5-13(26)6-4-12)17(28)23-11(2)18(29)25-15(20(31)32)7-8-16(22)27/h3-6,10-11,14-15,26H,7-9,21H2,1-2H3,(H2,22,27)(H,23,28)(H,24,30)(H,25,29)(H,31,32). The van der Waals surface area contributed by atoms with E-state index < -0.39 is 53.8 Å². The summed E-state index contributed by atoms with van der Waals surface area (Å²) in [6.07, 6.45) is -0.241. The fraction of sp³-hybridized carbons (Fsp3) is 0.450. The quantitative estimate of drug-likeness (QED) is 0.190. The Hall–Kier alpha value is -3.67. The van der Waals surface area contributed by atoms with Gasteiger partial charge in [-0.05, 0) is 44.4 Å². The molecule has 1 rings (SSSR count). The van der Waals surface area contributed by atoms with Gasteiger partial charge in [0.05, 0.1) is 6.04 Å². The predicted molar refractivity (Wildman–Crippen MR) is 113 cm³/mol. The van der Waals surface area contributed by atoms with E-state index in [0.29, 0.717) is 0 Å². The fourth-order valence-electron chi connectivity index (χ4n) is 2.61. The van der Waals surface area contributed by atoms with E-state index in [1.807, 2.05) is 0 Å². The summed E-state index contributed by atoms with van der Waals surface area (Å²) < 4.78 is 0. The summed E-state index contributed by atoms with van der Waals surface area (Å²) >= 11 is 0. The maximum atomic E-state index is 12.3. The van der Waals surface area contributed by atoms with Crippen LogP contribution in [-0.2, 0) is 30.4 Å². The van der Waals surface area contributed by atoms with Gasteiger partial charge in [0.1, 0.15) is 23.9 Å². The maximum Gasteiger partial charge on any atom is 0.326 e. The Morgan fingerprint density at radius 2 is 1.41 bits per heavy atom. The van der Waals surface area contributed by atoms with Crippen LogP contribution < -0.4 is 27.4 Å². The molecule has 1 aromatic carbocycles. The number of nitrogens with one attached hydrogen (secondary N) is 3. The van der Waals surface area contributed by atoms with Crippen LogP contribution in [0.4, 0.5) is 0 Å². The Balaban J connectivity index is 2.55. The normalized spacial score (nSPS) is 14.3. The molecular weight excluding hydrogens is 422 g/mol. The number of rotatable bonds is 12. The van der Waals surface area contributed by atoms with Gasteiger partial charge in [-0.15, -0.1) is 0 Å². The highest BCUT2D eigenvalue weighted by atomic mass is 16.4. The SMILES string of the molecule is CC(NC(=O)C(N)Cc1ccc(O)cc1)C(=O)NC(C)C(=O)NC(CCC(N)=O)C(=O)O. The molecule has 4 amide bonds. The number of aromatic hydroxyl groups is 1. The van der Waals surface area contributed by atoms with Gasteiger partial charge in [0, 0.05) is 6.42 Å². The number of carbonyl (C=O) groups is 5. The van der Waals surface area contributed by atoms with Crippen LogP contribution in [0.2, 0.25) is 0 Å². The summed E-state index contributed by atoms with van der Waals surface area (Å²) in [5.74, 6) is -4.02. The number of carbonyl (C=O) groups excluding carboxylic acids is 4. The molecule has 0 aliphatic heterocycles. The summed E-state index contributed by atoms with van der Waals surface area (Å²) in [5.41, 5.74) is 11.6. The second kappa shape index (κ2) is 12.2. The van der Waals surface area contributed by atoms with E-state index in [1.165, 1.54) is 26.0 Å². The van der Waals surface area contributed by atoms with Crippen LogP contribution in [0.5, 0.6) is 5.75 Å². The van der Waals surface area contributed by atoms with Crippen LogP contribution in [0.1, 0.15) is 32.3 Å².